The van der Waals surface area contributed by atoms with Gasteiger partial charge in [0, 0.05) is 24.5 Å². The van der Waals surface area contributed by atoms with Crippen LogP contribution in [0, 0.1) is 5.92 Å². The second-order valence-electron chi connectivity index (χ2n) is 4.92. The van der Waals surface area contributed by atoms with Crippen LogP contribution in [-0.4, -0.2) is 10.9 Å². The van der Waals surface area contributed by atoms with E-state index in [4.69, 9.17) is 4.74 Å². The SMILES string of the molecule is CC(C)CC(=O)NCc1ccc(Oc2nccs2)cc1. The molecule has 0 saturated heterocycles. The number of aromatic nitrogens is 1. The molecule has 1 aromatic heterocycles. The van der Waals surface area contributed by atoms with Crippen molar-refractivity contribution in [2.75, 3.05) is 0 Å². The van der Waals surface area contributed by atoms with Crippen molar-refractivity contribution in [1.82, 2.24) is 10.3 Å². The maximum atomic E-state index is 11.6. The van der Waals surface area contributed by atoms with Crippen molar-refractivity contribution in [3.05, 3.63) is 41.4 Å². The lowest BCUT2D eigenvalue weighted by Gasteiger charge is -2.08. The number of amides is 1. The number of carbonyl (C=O) groups is 1. The summed E-state index contributed by atoms with van der Waals surface area (Å²) in [7, 11) is 0. The number of rotatable bonds is 6. The van der Waals surface area contributed by atoms with Gasteiger partial charge in [0.1, 0.15) is 5.75 Å². The summed E-state index contributed by atoms with van der Waals surface area (Å²) in [5.41, 5.74) is 1.05. The van der Waals surface area contributed by atoms with Gasteiger partial charge >= 0.3 is 0 Å². The third-order valence-electron chi connectivity index (χ3n) is 2.62. The van der Waals surface area contributed by atoms with E-state index in [0.717, 1.165) is 11.3 Å². The summed E-state index contributed by atoms with van der Waals surface area (Å²) >= 11 is 1.45. The van der Waals surface area contributed by atoms with Gasteiger partial charge in [-0.25, -0.2) is 4.98 Å². The molecule has 0 aliphatic rings. The lowest BCUT2D eigenvalue weighted by atomic mass is 10.1. The number of carbonyl (C=O) groups excluding carboxylic acids is 1. The van der Waals surface area contributed by atoms with E-state index in [1.54, 1.807) is 6.20 Å². The highest BCUT2D eigenvalue weighted by Crippen LogP contribution is 2.23. The molecule has 20 heavy (non-hydrogen) atoms. The molecule has 0 aliphatic heterocycles. The van der Waals surface area contributed by atoms with E-state index in [2.05, 4.69) is 10.3 Å². The van der Waals surface area contributed by atoms with Crippen LogP contribution in [0.2, 0.25) is 0 Å². The molecule has 0 radical (unpaired) electrons. The Kier molecular flexibility index (Phi) is 5.12. The van der Waals surface area contributed by atoms with Gasteiger partial charge in [-0.1, -0.05) is 37.3 Å². The highest BCUT2D eigenvalue weighted by atomic mass is 32.1. The van der Waals surface area contributed by atoms with Crippen molar-refractivity contribution in [3.63, 3.8) is 0 Å². The Morgan fingerprint density at radius 2 is 2.10 bits per heavy atom. The standard InChI is InChI=1S/C15H18N2O2S/c1-11(2)9-14(18)17-10-12-3-5-13(6-4-12)19-15-16-7-8-20-15/h3-8,11H,9-10H2,1-2H3,(H,17,18). The highest BCUT2D eigenvalue weighted by Gasteiger charge is 2.04. The number of nitrogens with zero attached hydrogens (tertiary/aromatic N) is 1. The Morgan fingerprint density at radius 1 is 1.35 bits per heavy atom. The minimum absolute atomic E-state index is 0.0862. The van der Waals surface area contributed by atoms with Gasteiger partial charge in [0.2, 0.25) is 5.91 Å². The van der Waals surface area contributed by atoms with Crippen LogP contribution >= 0.6 is 11.3 Å². The fraction of sp³-hybridized carbons (Fsp3) is 0.333. The molecule has 1 N–H and O–H groups in total. The zero-order valence-corrected chi connectivity index (χ0v) is 12.4. The number of hydrogen-bond acceptors (Lipinski definition) is 4. The molecule has 106 valence electrons. The van der Waals surface area contributed by atoms with E-state index in [-0.39, 0.29) is 5.91 Å². The summed E-state index contributed by atoms with van der Waals surface area (Å²) in [6.45, 7) is 4.61. The molecule has 0 unspecified atom stereocenters. The number of thiazole rings is 1. The minimum atomic E-state index is 0.0862. The first-order chi connectivity index (χ1) is 9.63. The van der Waals surface area contributed by atoms with Crippen molar-refractivity contribution >= 4 is 17.2 Å². The summed E-state index contributed by atoms with van der Waals surface area (Å²) < 4.78 is 5.57. The molecule has 0 saturated carbocycles. The van der Waals surface area contributed by atoms with Gasteiger partial charge in [-0.05, 0) is 23.6 Å². The van der Waals surface area contributed by atoms with Gasteiger partial charge in [-0.15, -0.1) is 0 Å². The Morgan fingerprint density at radius 3 is 2.70 bits per heavy atom. The molecule has 0 atom stereocenters. The van der Waals surface area contributed by atoms with Crippen molar-refractivity contribution in [3.8, 4) is 10.9 Å². The first-order valence-corrected chi connectivity index (χ1v) is 7.44. The Bertz CT molecular complexity index is 536. The molecule has 0 bridgehead atoms. The molecular weight excluding hydrogens is 272 g/mol. The third-order valence-corrected chi connectivity index (χ3v) is 3.27. The van der Waals surface area contributed by atoms with Gasteiger partial charge in [-0.2, -0.15) is 0 Å². The molecule has 1 amide bonds. The van der Waals surface area contributed by atoms with Crippen LogP contribution in [0.5, 0.6) is 10.9 Å². The van der Waals surface area contributed by atoms with E-state index in [0.29, 0.717) is 24.1 Å². The zero-order valence-electron chi connectivity index (χ0n) is 11.6. The average Bonchev–Trinajstić information content (AvgIpc) is 2.90. The lowest BCUT2D eigenvalue weighted by molar-refractivity contribution is -0.121. The number of nitrogens with one attached hydrogen (secondary N) is 1. The Hall–Kier alpha value is -1.88. The summed E-state index contributed by atoms with van der Waals surface area (Å²) in [6, 6.07) is 7.65. The maximum Gasteiger partial charge on any atom is 0.278 e. The van der Waals surface area contributed by atoms with Crippen molar-refractivity contribution in [1.29, 1.82) is 0 Å². The van der Waals surface area contributed by atoms with E-state index in [9.17, 15) is 4.79 Å². The summed E-state index contributed by atoms with van der Waals surface area (Å²) in [5.74, 6) is 1.21. The summed E-state index contributed by atoms with van der Waals surface area (Å²) in [4.78, 5) is 15.6. The van der Waals surface area contributed by atoms with E-state index in [1.165, 1.54) is 11.3 Å². The van der Waals surface area contributed by atoms with Crippen LogP contribution in [0.25, 0.3) is 0 Å². The van der Waals surface area contributed by atoms with Gasteiger partial charge in [0.25, 0.3) is 5.19 Å². The van der Waals surface area contributed by atoms with Gasteiger partial charge in [-0.3, -0.25) is 4.79 Å². The highest BCUT2D eigenvalue weighted by molar-refractivity contribution is 7.11. The second kappa shape index (κ2) is 7.05. The monoisotopic (exact) mass is 290 g/mol. The van der Waals surface area contributed by atoms with Crippen LogP contribution in [0.3, 0.4) is 0 Å². The maximum absolute atomic E-state index is 11.6. The zero-order chi connectivity index (χ0) is 14.4. The number of ether oxygens (including phenoxy) is 1. The van der Waals surface area contributed by atoms with Gasteiger partial charge < -0.3 is 10.1 Å². The molecule has 2 rings (SSSR count). The largest absolute Gasteiger partial charge is 0.431 e. The molecule has 1 aromatic carbocycles. The van der Waals surface area contributed by atoms with E-state index >= 15 is 0 Å². The second-order valence-corrected chi connectivity index (χ2v) is 5.78. The van der Waals surface area contributed by atoms with Crippen LogP contribution in [0.15, 0.2) is 35.8 Å². The predicted molar refractivity (Wildman–Crippen MR) is 79.9 cm³/mol. The molecular formula is C15H18N2O2S. The molecule has 5 heteroatoms. The van der Waals surface area contributed by atoms with Crippen LogP contribution in [-0.2, 0) is 11.3 Å². The molecule has 0 aliphatic carbocycles. The van der Waals surface area contributed by atoms with Crippen LogP contribution in [0.1, 0.15) is 25.8 Å². The van der Waals surface area contributed by atoms with Crippen molar-refractivity contribution in [2.24, 2.45) is 5.92 Å². The lowest BCUT2D eigenvalue weighted by Crippen LogP contribution is -2.23. The van der Waals surface area contributed by atoms with E-state index < -0.39 is 0 Å². The third kappa shape index (κ3) is 4.66. The number of benzene rings is 1. The molecule has 2 aromatic rings. The van der Waals surface area contributed by atoms with Crippen LogP contribution in [0.4, 0.5) is 0 Å². The smallest absolute Gasteiger partial charge is 0.278 e. The minimum Gasteiger partial charge on any atom is -0.431 e. The van der Waals surface area contributed by atoms with Gasteiger partial charge in [0.15, 0.2) is 0 Å². The van der Waals surface area contributed by atoms with Gasteiger partial charge in [0.05, 0.1) is 0 Å². The quantitative estimate of drug-likeness (QED) is 0.884. The molecule has 4 nitrogen and oxygen atoms in total. The molecule has 0 spiro atoms. The van der Waals surface area contributed by atoms with Crippen molar-refractivity contribution in [2.45, 2.75) is 26.8 Å². The fourth-order valence-electron chi connectivity index (χ4n) is 1.68. The first kappa shape index (κ1) is 14.5. The Balaban J connectivity index is 1.84. The average molecular weight is 290 g/mol. The predicted octanol–water partition coefficient (Wildman–Crippen LogP) is 3.60. The fourth-order valence-corrected chi connectivity index (χ4v) is 2.18. The topological polar surface area (TPSA) is 51.2 Å². The van der Waals surface area contributed by atoms with Crippen molar-refractivity contribution < 1.29 is 9.53 Å². The first-order valence-electron chi connectivity index (χ1n) is 6.56. The van der Waals surface area contributed by atoms with Crippen LogP contribution < -0.4 is 10.1 Å². The summed E-state index contributed by atoms with van der Waals surface area (Å²) in [5, 5.41) is 5.40. The number of hydrogen-bond donors (Lipinski definition) is 1. The molecule has 0 fully saturated rings. The normalized spacial score (nSPS) is 10.6. The Labute approximate surface area is 122 Å². The summed E-state index contributed by atoms with van der Waals surface area (Å²) in [6.07, 6.45) is 2.27. The molecule has 1 heterocycles. The van der Waals surface area contributed by atoms with E-state index in [1.807, 2.05) is 43.5 Å².